The molecular formula is C10H20ClN3O. The monoisotopic (exact) mass is 233 g/mol. The summed E-state index contributed by atoms with van der Waals surface area (Å²) in [5, 5.41) is 6.26. The lowest BCUT2D eigenvalue weighted by molar-refractivity contribution is 0.174. The van der Waals surface area contributed by atoms with Crippen LogP contribution in [0.3, 0.4) is 0 Å². The highest BCUT2D eigenvalue weighted by molar-refractivity contribution is 5.85. The maximum absolute atomic E-state index is 11.7. The van der Waals surface area contributed by atoms with Crippen molar-refractivity contribution in [2.45, 2.75) is 37.8 Å². The number of piperidine rings is 1. The predicted octanol–water partition coefficient (Wildman–Crippen LogP) is 0.964. The molecule has 0 radical (unpaired) electrons. The van der Waals surface area contributed by atoms with Crippen molar-refractivity contribution in [2.75, 3.05) is 20.1 Å². The molecule has 0 bridgehead atoms. The molecule has 15 heavy (non-hydrogen) atoms. The van der Waals surface area contributed by atoms with E-state index in [1.165, 1.54) is 6.42 Å². The van der Waals surface area contributed by atoms with E-state index in [0.717, 1.165) is 32.4 Å². The topological polar surface area (TPSA) is 44.4 Å². The van der Waals surface area contributed by atoms with Gasteiger partial charge in [0.2, 0.25) is 0 Å². The van der Waals surface area contributed by atoms with Crippen molar-refractivity contribution in [3.05, 3.63) is 0 Å². The molecule has 0 aromatic carbocycles. The zero-order chi connectivity index (χ0) is 9.97. The number of hydrogen-bond donors (Lipinski definition) is 2. The normalized spacial score (nSPS) is 25.7. The number of amides is 2. The lowest BCUT2D eigenvalue weighted by Gasteiger charge is -2.32. The Morgan fingerprint density at radius 1 is 1.27 bits per heavy atom. The predicted molar refractivity (Wildman–Crippen MR) is 62.5 cm³/mol. The molecule has 0 aromatic heterocycles. The van der Waals surface area contributed by atoms with Crippen molar-refractivity contribution < 1.29 is 4.79 Å². The maximum atomic E-state index is 11.7. The van der Waals surface area contributed by atoms with Gasteiger partial charge in [0.25, 0.3) is 0 Å². The quantitative estimate of drug-likeness (QED) is 0.747. The molecule has 4 nitrogen and oxygen atoms in total. The van der Waals surface area contributed by atoms with Crippen molar-refractivity contribution in [1.29, 1.82) is 0 Å². The first-order valence-corrected chi connectivity index (χ1v) is 5.52. The Morgan fingerprint density at radius 3 is 2.60 bits per heavy atom. The number of rotatable bonds is 2. The molecule has 1 aliphatic carbocycles. The van der Waals surface area contributed by atoms with Crippen LogP contribution in [0.4, 0.5) is 4.79 Å². The zero-order valence-electron chi connectivity index (χ0n) is 9.16. The smallest absolute Gasteiger partial charge is 0.317 e. The van der Waals surface area contributed by atoms with E-state index in [1.807, 2.05) is 11.9 Å². The number of likely N-dealkylation sites (N-methyl/N-ethyl adjacent to an activating group) is 1. The van der Waals surface area contributed by atoms with Crippen LogP contribution in [0.1, 0.15) is 25.7 Å². The first-order valence-electron chi connectivity index (χ1n) is 5.52. The second kappa shape index (κ2) is 5.56. The molecular weight excluding hydrogens is 214 g/mol. The Balaban J connectivity index is 0.00000112. The molecule has 1 aliphatic heterocycles. The molecule has 0 aromatic rings. The van der Waals surface area contributed by atoms with Gasteiger partial charge in [-0.05, 0) is 32.7 Å². The highest BCUT2D eigenvalue weighted by atomic mass is 35.5. The van der Waals surface area contributed by atoms with Gasteiger partial charge in [0.15, 0.2) is 0 Å². The molecule has 2 amide bonds. The summed E-state index contributed by atoms with van der Waals surface area (Å²) in [7, 11) is 1.97. The van der Waals surface area contributed by atoms with E-state index < -0.39 is 0 Å². The lowest BCUT2D eigenvalue weighted by Crippen LogP contribution is -2.50. The molecule has 1 saturated carbocycles. The van der Waals surface area contributed by atoms with Crippen LogP contribution in [0.2, 0.25) is 0 Å². The largest absolute Gasteiger partial charge is 0.335 e. The zero-order valence-corrected chi connectivity index (χ0v) is 9.98. The van der Waals surface area contributed by atoms with Crippen molar-refractivity contribution in [3.63, 3.8) is 0 Å². The lowest BCUT2D eigenvalue weighted by atomic mass is 10.1. The molecule has 1 unspecified atom stereocenters. The van der Waals surface area contributed by atoms with Gasteiger partial charge < -0.3 is 15.5 Å². The van der Waals surface area contributed by atoms with Gasteiger partial charge in [0.05, 0.1) is 0 Å². The summed E-state index contributed by atoms with van der Waals surface area (Å²) in [4.78, 5) is 13.6. The van der Waals surface area contributed by atoms with Crippen molar-refractivity contribution >= 4 is 18.4 Å². The third-order valence-electron chi connectivity index (χ3n) is 3.02. The first-order chi connectivity index (χ1) is 6.79. The summed E-state index contributed by atoms with van der Waals surface area (Å²) in [6, 6.07) is 1.08. The van der Waals surface area contributed by atoms with Gasteiger partial charge in [0.1, 0.15) is 0 Å². The van der Waals surface area contributed by atoms with Gasteiger partial charge in [-0.25, -0.2) is 4.79 Å². The first kappa shape index (κ1) is 12.6. The summed E-state index contributed by atoms with van der Waals surface area (Å²) in [6.07, 6.45) is 4.62. The summed E-state index contributed by atoms with van der Waals surface area (Å²) in [6.45, 7) is 1.77. The van der Waals surface area contributed by atoms with Gasteiger partial charge >= 0.3 is 6.03 Å². The molecule has 2 aliphatic rings. The van der Waals surface area contributed by atoms with Gasteiger partial charge in [-0.15, -0.1) is 12.4 Å². The van der Waals surface area contributed by atoms with E-state index in [2.05, 4.69) is 10.6 Å². The summed E-state index contributed by atoms with van der Waals surface area (Å²) >= 11 is 0. The molecule has 1 saturated heterocycles. The molecule has 2 fully saturated rings. The number of likely N-dealkylation sites (tertiary alicyclic amines) is 1. The number of hydrogen-bond acceptors (Lipinski definition) is 2. The molecule has 1 atom stereocenters. The number of halogens is 1. The fourth-order valence-electron chi connectivity index (χ4n) is 1.89. The second-order valence-corrected chi connectivity index (χ2v) is 4.30. The molecule has 1 heterocycles. The highest BCUT2D eigenvalue weighted by Gasteiger charge is 2.28. The van der Waals surface area contributed by atoms with Crippen molar-refractivity contribution in [3.8, 4) is 0 Å². The average Bonchev–Trinajstić information content (AvgIpc) is 3.02. The Morgan fingerprint density at radius 2 is 2.00 bits per heavy atom. The molecule has 5 heteroatoms. The van der Waals surface area contributed by atoms with E-state index in [9.17, 15) is 4.79 Å². The van der Waals surface area contributed by atoms with E-state index in [-0.39, 0.29) is 18.4 Å². The van der Waals surface area contributed by atoms with Gasteiger partial charge in [-0.3, -0.25) is 0 Å². The number of nitrogens with zero attached hydrogens (tertiary/aromatic N) is 1. The van der Waals surface area contributed by atoms with Crippen LogP contribution in [-0.2, 0) is 0 Å². The second-order valence-electron chi connectivity index (χ2n) is 4.30. The molecule has 2 rings (SSSR count). The van der Waals surface area contributed by atoms with Crippen LogP contribution in [0, 0.1) is 0 Å². The fourth-order valence-corrected chi connectivity index (χ4v) is 1.89. The Bertz CT molecular complexity index is 221. The summed E-state index contributed by atoms with van der Waals surface area (Å²) in [5.74, 6) is 0. The van der Waals surface area contributed by atoms with E-state index in [1.54, 1.807) is 0 Å². The van der Waals surface area contributed by atoms with Gasteiger partial charge in [-0.1, -0.05) is 0 Å². The van der Waals surface area contributed by atoms with E-state index in [0.29, 0.717) is 12.1 Å². The molecule has 2 N–H and O–H groups in total. The SMILES string of the molecule is CNC1CCCN(C(=O)NC2CC2)C1.Cl. The highest BCUT2D eigenvalue weighted by Crippen LogP contribution is 2.19. The van der Waals surface area contributed by atoms with E-state index >= 15 is 0 Å². The summed E-state index contributed by atoms with van der Waals surface area (Å²) in [5.41, 5.74) is 0. The number of urea groups is 1. The van der Waals surface area contributed by atoms with Crippen LogP contribution in [0.25, 0.3) is 0 Å². The standard InChI is InChI=1S/C10H19N3O.ClH/c1-11-9-3-2-6-13(7-9)10(14)12-8-4-5-8;/h8-9,11H,2-7H2,1H3,(H,12,14);1H. The van der Waals surface area contributed by atoms with E-state index in [4.69, 9.17) is 0 Å². The van der Waals surface area contributed by atoms with Gasteiger partial charge in [0, 0.05) is 25.2 Å². The number of nitrogens with one attached hydrogen (secondary N) is 2. The van der Waals surface area contributed by atoms with Crippen LogP contribution in [0.5, 0.6) is 0 Å². The van der Waals surface area contributed by atoms with Crippen LogP contribution in [-0.4, -0.2) is 43.2 Å². The number of carbonyl (C=O) groups is 1. The Hall–Kier alpha value is -0.480. The Kier molecular flexibility index (Phi) is 4.67. The van der Waals surface area contributed by atoms with Crippen LogP contribution < -0.4 is 10.6 Å². The minimum Gasteiger partial charge on any atom is -0.335 e. The van der Waals surface area contributed by atoms with Crippen molar-refractivity contribution in [2.24, 2.45) is 0 Å². The summed E-state index contributed by atoms with van der Waals surface area (Å²) < 4.78 is 0. The minimum absolute atomic E-state index is 0. The van der Waals surface area contributed by atoms with Crippen LogP contribution >= 0.6 is 12.4 Å². The average molecular weight is 234 g/mol. The molecule has 0 spiro atoms. The van der Waals surface area contributed by atoms with Crippen molar-refractivity contribution in [1.82, 2.24) is 15.5 Å². The maximum Gasteiger partial charge on any atom is 0.317 e. The fraction of sp³-hybridized carbons (Fsp3) is 0.900. The Labute approximate surface area is 97.2 Å². The third kappa shape index (κ3) is 3.54. The third-order valence-corrected chi connectivity index (χ3v) is 3.02. The van der Waals surface area contributed by atoms with Crippen LogP contribution in [0.15, 0.2) is 0 Å². The molecule has 88 valence electrons. The minimum atomic E-state index is 0. The van der Waals surface area contributed by atoms with Gasteiger partial charge in [-0.2, -0.15) is 0 Å². The number of carbonyl (C=O) groups excluding carboxylic acids is 1.